The summed E-state index contributed by atoms with van der Waals surface area (Å²) in [5, 5.41) is 5.06. The first kappa shape index (κ1) is 15.1. The molecule has 0 bridgehead atoms. The molecule has 1 aliphatic heterocycles. The first-order chi connectivity index (χ1) is 9.20. The standard InChI is InChI=1S/C15H21Cl2NO/c1-2-18-15(11-5-7-19-8-6-11)9-12-3-4-13(16)10-14(12)17/h3-4,10-11,15,18H,2,5-9H2,1H3. The zero-order valence-corrected chi connectivity index (χ0v) is 12.8. The second-order valence-electron chi connectivity index (χ2n) is 5.05. The highest BCUT2D eigenvalue weighted by molar-refractivity contribution is 6.35. The molecule has 1 fully saturated rings. The molecule has 4 heteroatoms. The minimum absolute atomic E-state index is 0.465. The number of rotatable bonds is 5. The smallest absolute Gasteiger partial charge is 0.0469 e. The van der Waals surface area contributed by atoms with Gasteiger partial charge in [-0.15, -0.1) is 0 Å². The lowest BCUT2D eigenvalue weighted by molar-refractivity contribution is 0.0540. The van der Waals surface area contributed by atoms with Gasteiger partial charge in [-0.05, 0) is 49.4 Å². The Bertz CT molecular complexity index is 405. The summed E-state index contributed by atoms with van der Waals surface area (Å²) in [5.74, 6) is 0.667. The Kier molecular flexibility index (Phi) is 5.96. The van der Waals surface area contributed by atoms with Crippen LogP contribution in [0.2, 0.25) is 10.0 Å². The molecular formula is C15H21Cl2NO. The molecule has 1 unspecified atom stereocenters. The highest BCUT2D eigenvalue weighted by Crippen LogP contribution is 2.26. The summed E-state index contributed by atoms with van der Waals surface area (Å²) < 4.78 is 5.45. The van der Waals surface area contributed by atoms with Gasteiger partial charge in [-0.3, -0.25) is 0 Å². The molecule has 0 spiro atoms. The summed E-state index contributed by atoms with van der Waals surface area (Å²) in [6.45, 7) is 4.88. The number of ether oxygens (including phenoxy) is 1. The minimum Gasteiger partial charge on any atom is -0.381 e. The molecule has 0 radical (unpaired) electrons. The molecule has 19 heavy (non-hydrogen) atoms. The largest absolute Gasteiger partial charge is 0.381 e. The zero-order chi connectivity index (χ0) is 13.7. The van der Waals surface area contributed by atoms with Crippen LogP contribution in [0.15, 0.2) is 18.2 Å². The summed E-state index contributed by atoms with van der Waals surface area (Å²) in [7, 11) is 0. The van der Waals surface area contributed by atoms with Crippen molar-refractivity contribution in [3.8, 4) is 0 Å². The van der Waals surface area contributed by atoms with Crippen molar-refractivity contribution < 1.29 is 4.74 Å². The maximum Gasteiger partial charge on any atom is 0.0469 e. The first-order valence-electron chi connectivity index (χ1n) is 6.95. The zero-order valence-electron chi connectivity index (χ0n) is 11.3. The second-order valence-corrected chi connectivity index (χ2v) is 5.90. The molecule has 1 saturated heterocycles. The summed E-state index contributed by atoms with van der Waals surface area (Å²) >= 11 is 12.2. The monoisotopic (exact) mass is 301 g/mol. The summed E-state index contributed by atoms with van der Waals surface area (Å²) in [5.41, 5.74) is 1.17. The van der Waals surface area contributed by atoms with Crippen LogP contribution in [0, 0.1) is 5.92 Å². The van der Waals surface area contributed by atoms with Gasteiger partial charge in [-0.2, -0.15) is 0 Å². The minimum atomic E-state index is 0.465. The summed E-state index contributed by atoms with van der Waals surface area (Å²) in [6.07, 6.45) is 3.21. The van der Waals surface area contributed by atoms with Gasteiger partial charge >= 0.3 is 0 Å². The van der Waals surface area contributed by atoms with E-state index in [0.717, 1.165) is 44.0 Å². The molecule has 1 heterocycles. The Morgan fingerprint density at radius 3 is 2.68 bits per heavy atom. The maximum atomic E-state index is 6.28. The van der Waals surface area contributed by atoms with Crippen molar-refractivity contribution in [1.29, 1.82) is 0 Å². The Hall–Kier alpha value is -0.280. The van der Waals surface area contributed by atoms with Crippen molar-refractivity contribution in [2.24, 2.45) is 5.92 Å². The van der Waals surface area contributed by atoms with Gasteiger partial charge in [0.1, 0.15) is 0 Å². The predicted octanol–water partition coefficient (Wildman–Crippen LogP) is 3.94. The molecule has 0 aliphatic carbocycles. The summed E-state index contributed by atoms with van der Waals surface area (Å²) in [6, 6.07) is 6.24. The number of halogens is 2. The molecule has 2 rings (SSSR count). The Labute approximate surface area is 125 Å². The molecular weight excluding hydrogens is 281 g/mol. The number of hydrogen-bond donors (Lipinski definition) is 1. The second kappa shape index (κ2) is 7.49. The average Bonchev–Trinajstić information content (AvgIpc) is 2.42. The van der Waals surface area contributed by atoms with Crippen LogP contribution in [0.5, 0.6) is 0 Å². The van der Waals surface area contributed by atoms with E-state index in [9.17, 15) is 0 Å². The molecule has 1 N–H and O–H groups in total. The molecule has 1 aliphatic rings. The van der Waals surface area contributed by atoms with Gasteiger partial charge in [0.2, 0.25) is 0 Å². The predicted molar refractivity (Wildman–Crippen MR) is 81.2 cm³/mol. The number of nitrogens with one attached hydrogen (secondary N) is 1. The molecule has 0 amide bonds. The van der Waals surface area contributed by atoms with Crippen LogP contribution in [0.3, 0.4) is 0 Å². The number of benzene rings is 1. The van der Waals surface area contributed by atoms with Gasteiger partial charge in [0.25, 0.3) is 0 Å². The Balaban J connectivity index is 2.06. The van der Waals surface area contributed by atoms with E-state index in [0.29, 0.717) is 17.0 Å². The van der Waals surface area contributed by atoms with E-state index < -0.39 is 0 Å². The van der Waals surface area contributed by atoms with E-state index in [1.54, 1.807) is 0 Å². The van der Waals surface area contributed by atoms with Crippen molar-refractivity contribution in [1.82, 2.24) is 5.32 Å². The van der Waals surface area contributed by atoms with Gasteiger partial charge in [0.15, 0.2) is 0 Å². The van der Waals surface area contributed by atoms with Crippen LogP contribution in [0.1, 0.15) is 25.3 Å². The molecule has 2 nitrogen and oxygen atoms in total. The van der Waals surface area contributed by atoms with E-state index in [1.165, 1.54) is 5.56 Å². The van der Waals surface area contributed by atoms with Crippen molar-refractivity contribution >= 4 is 23.2 Å². The Morgan fingerprint density at radius 2 is 2.05 bits per heavy atom. The average molecular weight is 302 g/mol. The van der Waals surface area contributed by atoms with Crippen LogP contribution in [-0.4, -0.2) is 25.8 Å². The summed E-state index contributed by atoms with van der Waals surface area (Å²) in [4.78, 5) is 0. The molecule has 1 aromatic rings. The third-order valence-corrected chi connectivity index (χ3v) is 4.34. The van der Waals surface area contributed by atoms with Crippen molar-refractivity contribution in [2.45, 2.75) is 32.2 Å². The van der Waals surface area contributed by atoms with Gasteiger partial charge in [0, 0.05) is 29.3 Å². The first-order valence-corrected chi connectivity index (χ1v) is 7.71. The molecule has 1 aromatic carbocycles. The Morgan fingerprint density at radius 1 is 1.32 bits per heavy atom. The fourth-order valence-electron chi connectivity index (χ4n) is 2.71. The fraction of sp³-hybridized carbons (Fsp3) is 0.600. The van der Waals surface area contributed by atoms with Crippen LogP contribution >= 0.6 is 23.2 Å². The highest BCUT2D eigenvalue weighted by atomic mass is 35.5. The highest BCUT2D eigenvalue weighted by Gasteiger charge is 2.24. The van der Waals surface area contributed by atoms with E-state index >= 15 is 0 Å². The van der Waals surface area contributed by atoms with Gasteiger partial charge < -0.3 is 10.1 Å². The van der Waals surface area contributed by atoms with Crippen LogP contribution in [0.25, 0.3) is 0 Å². The third kappa shape index (κ3) is 4.35. The molecule has 0 aromatic heterocycles. The van der Waals surface area contributed by atoms with E-state index in [2.05, 4.69) is 12.2 Å². The molecule has 106 valence electrons. The van der Waals surface area contributed by atoms with Crippen LogP contribution in [-0.2, 0) is 11.2 Å². The molecule has 0 saturated carbocycles. The van der Waals surface area contributed by atoms with Crippen LogP contribution < -0.4 is 5.32 Å². The van der Waals surface area contributed by atoms with E-state index in [1.807, 2.05) is 18.2 Å². The number of likely N-dealkylation sites (N-methyl/N-ethyl adjacent to an activating group) is 1. The lowest BCUT2D eigenvalue weighted by atomic mass is 9.87. The van der Waals surface area contributed by atoms with E-state index in [-0.39, 0.29) is 0 Å². The topological polar surface area (TPSA) is 21.3 Å². The lowest BCUT2D eigenvalue weighted by Gasteiger charge is -2.31. The van der Waals surface area contributed by atoms with Gasteiger partial charge in [-0.25, -0.2) is 0 Å². The fourth-order valence-corrected chi connectivity index (χ4v) is 3.20. The van der Waals surface area contributed by atoms with E-state index in [4.69, 9.17) is 27.9 Å². The van der Waals surface area contributed by atoms with Crippen molar-refractivity contribution in [2.75, 3.05) is 19.8 Å². The number of hydrogen-bond acceptors (Lipinski definition) is 2. The van der Waals surface area contributed by atoms with Crippen molar-refractivity contribution in [3.05, 3.63) is 33.8 Å². The quantitative estimate of drug-likeness (QED) is 0.889. The van der Waals surface area contributed by atoms with Crippen molar-refractivity contribution in [3.63, 3.8) is 0 Å². The van der Waals surface area contributed by atoms with Crippen LogP contribution in [0.4, 0.5) is 0 Å². The normalized spacial score (nSPS) is 18.5. The maximum absolute atomic E-state index is 6.28. The van der Waals surface area contributed by atoms with Gasteiger partial charge in [-0.1, -0.05) is 36.2 Å². The SMILES string of the molecule is CCNC(Cc1ccc(Cl)cc1Cl)C1CCOCC1. The third-order valence-electron chi connectivity index (χ3n) is 3.76. The lowest BCUT2D eigenvalue weighted by Crippen LogP contribution is -2.40. The van der Waals surface area contributed by atoms with Gasteiger partial charge in [0.05, 0.1) is 0 Å². The molecule has 1 atom stereocenters.